The summed E-state index contributed by atoms with van der Waals surface area (Å²) in [5.41, 5.74) is 0. The fraction of sp³-hybridized carbons (Fsp3) is 1.00. The van der Waals surface area contributed by atoms with Crippen LogP contribution in [0, 0.1) is 0 Å². The Morgan fingerprint density at radius 1 is 0.724 bits per heavy atom. The van der Waals surface area contributed by atoms with E-state index in [4.69, 9.17) is 22.4 Å². The Morgan fingerprint density at radius 2 is 1.21 bits per heavy atom. The van der Waals surface area contributed by atoms with Gasteiger partial charge < -0.3 is 22.4 Å². The van der Waals surface area contributed by atoms with Gasteiger partial charge in [-0.05, 0) is 55.3 Å². The van der Waals surface area contributed by atoms with Gasteiger partial charge in [0.05, 0.1) is 19.3 Å². The Bertz CT molecular complexity index is 466. The lowest BCUT2D eigenvalue weighted by atomic mass is 10.2. The third kappa shape index (κ3) is 10.1. The van der Waals surface area contributed by atoms with E-state index in [9.17, 15) is 0 Å². The van der Waals surface area contributed by atoms with Crippen molar-refractivity contribution in [3.05, 3.63) is 0 Å². The van der Waals surface area contributed by atoms with Crippen LogP contribution in [0.3, 0.4) is 0 Å². The zero-order chi connectivity index (χ0) is 23.1. The van der Waals surface area contributed by atoms with E-state index < -0.39 is 25.2 Å². The second-order valence-corrected chi connectivity index (χ2v) is 24.4. The van der Waals surface area contributed by atoms with Crippen molar-refractivity contribution < 1.29 is 22.4 Å². The van der Waals surface area contributed by atoms with Crippen LogP contribution in [-0.2, 0) is 22.4 Å². The van der Waals surface area contributed by atoms with Crippen LogP contribution in [0.4, 0.5) is 0 Å². The SMILES string of the molecule is CO[Si](C)(CCCOCC(CO[Si](C)(C)C(C)(C)C)O[Si](C)(C)C(C)(C)C)OC. The van der Waals surface area contributed by atoms with Gasteiger partial charge in [-0.1, -0.05) is 41.5 Å². The van der Waals surface area contributed by atoms with Gasteiger partial charge in [-0.15, -0.1) is 0 Å². The predicted octanol–water partition coefficient (Wildman–Crippen LogP) is 6.17. The largest absolute Gasteiger partial charge is 0.414 e. The summed E-state index contributed by atoms with van der Waals surface area (Å²) in [5, 5.41) is 0.345. The first-order chi connectivity index (χ1) is 12.9. The topological polar surface area (TPSA) is 46.2 Å². The van der Waals surface area contributed by atoms with Crippen LogP contribution in [0.5, 0.6) is 0 Å². The summed E-state index contributed by atoms with van der Waals surface area (Å²) in [6, 6.07) is 0.925. The average Bonchev–Trinajstić information content (AvgIpc) is 2.56. The van der Waals surface area contributed by atoms with E-state index in [1.54, 1.807) is 14.2 Å². The quantitative estimate of drug-likeness (QED) is 0.240. The van der Waals surface area contributed by atoms with Crippen molar-refractivity contribution in [2.75, 3.05) is 34.0 Å². The lowest BCUT2D eigenvalue weighted by molar-refractivity contribution is 0.0155. The summed E-state index contributed by atoms with van der Waals surface area (Å²) >= 11 is 0. The summed E-state index contributed by atoms with van der Waals surface area (Å²) in [7, 11) is -2.28. The van der Waals surface area contributed by atoms with Crippen LogP contribution >= 0.6 is 0 Å². The average molecular weight is 467 g/mol. The molecule has 0 aromatic rings. The highest BCUT2D eigenvalue weighted by molar-refractivity contribution is 6.74. The number of ether oxygens (including phenoxy) is 1. The Kier molecular flexibility index (Phi) is 11.5. The first-order valence-electron chi connectivity index (χ1n) is 10.9. The maximum Gasteiger partial charge on any atom is 0.334 e. The van der Waals surface area contributed by atoms with Crippen molar-refractivity contribution in [3.63, 3.8) is 0 Å². The highest BCUT2D eigenvalue weighted by Crippen LogP contribution is 2.39. The molecule has 0 aromatic carbocycles. The molecule has 0 spiro atoms. The maximum absolute atomic E-state index is 6.67. The first-order valence-corrected chi connectivity index (χ1v) is 19.2. The van der Waals surface area contributed by atoms with Gasteiger partial charge in [0, 0.05) is 20.8 Å². The molecule has 0 bridgehead atoms. The second-order valence-electron chi connectivity index (χ2n) is 11.3. The molecule has 1 atom stereocenters. The predicted molar refractivity (Wildman–Crippen MR) is 131 cm³/mol. The van der Waals surface area contributed by atoms with Gasteiger partial charge in [-0.2, -0.15) is 0 Å². The maximum atomic E-state index is 6.67. The summed E-state index contributed by atoms with van der Waals surface area (Å²) in [6.07, 6.45) is 0.902. The van der Waals surface area contributed by atoms with E-state index in [1.165, 1.54) is 0 Å². The number of hydrogen-bond donors (Lipinski definition) is 0. The fourth-order valence-electron chi connectivity index (χ4n) is 2.22. The molecule has 0 aliphatic rings. The Balaban J connectivity index is 4.89. The monoisotopic (exact) mass is 466 g/mol. The van der Waals surface area contributed by atoms with Crippen LogP contribution in [0.15, 0.2) is 0 Å². The molecule has 0 radical (unpaired) electrons. The van der Waals surface area contributed by atoms with Crippen molar-refractivity contribution in [1.29, 1.82) is 0 Å². The van der Waals surface area contributed by atoms with Gasteiger partial charge in [-0.3, -0.25) is 0 Å². The molecule has 0 aliphatic heterocycles. The first kappa shape index (κ1) is 29.5. The molecule has 0 heterocycles. The van der Waals surface area contributed by atoms with E-state index in [2.05, 4.69) is 74.3 Å². The smallest absolute Gasteiger partial charge is 0.334 e. The van der Waals surface area contributed by atoms with Gasteiger partial charge in [0.15, 0.2) is 16.6 Å². The molecule has 0 aromatic heterocycles. The molecule has 0 fully saturated rings. The fourth-order valence-corrected chi connectivity index (χ4v) is 5.94. The van der Waals surface area contributed by atoms with Crippen LogP contribution in [0.2, 0.25) is 48.9 Å². The second kappa shape index (κ2) is 11.4. The molecule has 0 rings (SSSR count). The van der Waals surface area contributed by atoms with Crippen LogP contribution < -0.4 is 0 Å². The van der Waals surface area contributed by atoms with Crippen molar-refractivity contribution >= 4 is 25.2 Å². The molecule has 0 amide bonds. The van der Waals surface area contributed by atoms with E-state index in [-0.39, 0.29) is 16.2 Å². The van der Waals surface area contributed by atoms with Gasteiger partial charge >= 0.3 is 8.56 Å². The molecule has 0 aliphatic carbocycles. The van der Waals surface area contributed by atoms with Gasteiger partial charge in [0.25, 0.3) is 0 Å². The highest BCUT2D eigenvalue weighted by atomic mass is 28.4. The number of hydrogen-bond acceptors (Lipinski definition) is 5. The third-order valence-corrected chi connectivity index (χ3v) is 18.8. The Hall–Kier alpha value is 0.451. The minimum atomic E-state index is -2.02. The van der Waals surface area contributed by atoms with Crippen molar-refractivity contribution in [2.24, 2.45) is 0 Å². The van der Waals surface area contributed by atoms with Crippen molar-refractivity contribution in [3.8, 4) is 0 Å². The van der Waals surface area contributed by atoms with E-state index >= 15 is 0 Å². The van der Waals surface area contributed by atoms with Crippen molar-refractivity contribution in [2.45, 2.75) is 103 Å². The van der Waals surface area contributed by atoms with Crippen LogP contribution in [0.25, 0.3) is 0 Å². The molecular formula is C21H50O5Si3. The molecule has 8 heteroatoms. The zero-order valence-corrected chi connectivity index (χ0v) is 24.7. The standard InChI is InChI=1S/C21H50O5Si3/c1-20(2,3)27(9,10)25-18-19(26-28(11,12)21(4,5)6)17-24-15-14-16-29(13,22-7)23-8/h19H,14-18H2,1-13H3. The summed E-state index contributed by atoms with van der Waals surface area (Å²) < 4.78 is 30.3. The molecule has 29 heavy (non-hydrogen) atoms. The third-order valence-electron chi connectivity index (χ3n) is 6.79. The minimum absolute atomic E-state index is 0.0292. The molecule has 1 unspecified atom stereocenters. The van der Waals surface area contributed by atoms with E-state index in [0.717, 1.165) is 12.5 Å². The van der Waals surface area contributed by atoms with Crippen LogP contribution in [0.1, 0.15) is 48.0 Å². The minimum Gasteiger partial charge on any atom is -0.414 e. The molecule has 0 saturated heterocycles. The van der Waals surface area contributed by atoms with Crippen LogP contribution in [-0.4, -0.2) is 65.3 Å². The highest BCUT2D eigenvalue weighted by Gasteiger charge is 2.41. The zero-order valence-electron chi connectivity index (χ0n) is 21.7. The van der Waals surface area contributed by atoms with E-state index in [1.807, 2.05) is 0 Å². The van der Waals surface area contributed by atoms with Gasteiger partial charge in [0.1, 0.15) is 0 Å². The molecule has 176 valence electrons. The number of rotatable bonds is 13. The molecule has 0 N–H and O–H groups in total. The lowest BCUT2D eigenvalue weighted by Crippen LogP contribution is -2.49. The Morgan fingerprint density at radius 3 is 1.62 bits per heavy atom. The lowest BCUT2D eigenvalue weighted by Gasteiger charge is -2.41. The molecular weight excluding hydrogens is 416 g/mol. The van der Waals surface area contributed by atoms with E-state index in [0.29, 0.717) is 19.8 Å². The van der Waals surface area contributed by atoms with Gasteiger partial charge in [0.2, 0.25) is 0 Å². The van der Waals surface area contributed by atoms with Crippen molar-refractivity contribution in [1.82, 2.24) is 0 Å². The Labute approximate surface area is 184 Å². The molecule has 0 saturated carbocycles. The summed E-state index contributed by atoms with van der Waals surface area (Å²) in [5.74, 6) is 0. The normalized spacial score (nSPS) is 15.6. The van der Waals surface area contributed by atoms with Gasteiger partial charge in [-0.25, -0.2) is 0 Å². The summed E-state index contributed by atoms with van der Waals surface area (Å²) in [6.45, 7) is 26.7. The molecule has 5 nitrogen and oxygen atoms in total. The summed E-state index contributed by atoms with van der Waals surface area (Å²) in [4.78, 5) is 0.